The second kappa shape index (κ2) is 7.23. The molecule has 0 fully saturated rings. The molecule has 1 aliphatic rings. The number of nitrogens with zero attached hydrogens (tertiary/aromatic N) is 2. The summed E-state index contributed by atoms with van der Waals surface area (Å²) in [6, 6.07) is 8.75. The van der Waals surface area contributed by atoms with E-state index in [1.807, 2.05) is 25.1 Å². The second-order valence-corrected chi connectivity index (χ2v) is 6.58. The summed E-state index contributed by atoms with van der Waals surface area (Å²) in [6.07, 6.45) is 0.203. The van der Waals surface area contributed by atoms with Crippen molar-refractivity contribution in [3.8, 4) is 0 Å². The summed E-state index contributed by atoms with van der Waals surface area (Å²) in [5, 5.41) is 4.15. The van der Waals surface area contributed by atoms with Gasteiger partial charge in [-0.3, -0.25) is 19.3 Å². The highest BCUT2D eigenvalue weighted by molar-refractivity contribution is 6.26. The predicted octanol–water partition coefficient (Wildman–Crippen LogP) is 1.28. The SMILES string of the molecule is CN(C)CCN1C(=O)c2cccc3cc(NC(=O)CCN)cc(c23)C1=O. The first-order chi connectivity index (χ1) is 12.4. The van der Waals surface area contributed by atoms with Crippen molar-refractivity contribution in [1.29, 1.82) is 0 Å². The number of anilines is 1. The van der Waals surface area contributed by atoms with Crippen LogP contribution in [-0.4, -0.2) is 61.3 Å². The molecule has 0 aliphatic carbocycles. The Labute approximate surface area is 151 Å². The van der Waals surface area contributed by atoms with Crippen LogP contribution in [0.15, 0.2) is 30.3 Å². The van der Waals surface area contributed by atoms with E-state index in [0.29, 0.717) is 35.3 Å². The van der Waals surface area contributed by atoms with Crippen molar-refractivity contribution in [2.45, 2.75) is 6.42 Å². The highest BCUT2D eigenvalue weighted by Crippen LogP contribution is 2.32. The van der Waals surface area contributed by atoms with E-state index in [2.05, 4.69) is 5.32 Å². The van der Waals surface area contributed by atoms with Gasteiger partial charge in [-0.1, -0.05) is 12.1 Å². The summed E-state index contributed by atoms with van der Waals surface area (Å²) in [7, 11) is 3.78. The van der Waals surface area contributed by atoms with Crippen molar-refractivity contribution in [2.75, 3.05) is 39.0 Å². The van der Waals surface area contributed by atoms with Crippen molar-refractivity contribution in [3.05, 3.63) is 41.5 Å². The number of hydrogen-bond acceptors (Lipinski definition) is 5. The highest BCUT2D eigenvalue weighted by Gasteiger charge is 2.33. The molecule has 0 atom stereocenters. The zero-order valence-electron chi connectivity index (χ0n) is 14.9. The molecule has 7 heteroatoms. The van der Waals surface area contributed by atoms with E-state index in [4.69, 9.17) is 5.73 Å². The first kappa shape index (κ1) is 18.0. The minimum atomic E-state index is -0.338. The summed E-state index contributed by atoms with van der Waals surface area (Å²) in [5.41, 5.74) is 6.88. The Balaban J connectivity index is 2.05. The fraction of sp³-hybridized carbons (Fsp3) is 0.316. The second-order valence-electron chi connectivity index (χ2n) is 6.58. The Morgan fingerprint density at radius 2 is 1.88 bits per heavy atom. The average Bonchev–Trinajstić information content (AvgIpc) is 2.59. The largest absolute Gasteiger partial charge is 0.330 e. The molecule has 7 nitrogen and oxygen atoms in total. The highest BCUT2D eigenvalue weighted by atomic mass is 16.2. The van der Waals surface area contributed by atoms with E-state index in [9.17, 15) is 14.4 Å². The quantitative estimate of drug-likeness (QED) is 0.762. The maximum atomic E-state index is 12.9. The third kappa shape index (κ3) is 3.31. The molecule has 0 saturated heterocycles. The van der Waals surface area contributed by atoms with Crippen molar-refractivity contribution in [1.82, 2.24) is 9.80 Å². The molecule has 0 saturated carbocycles. The molecule has 3 N–H and O–H groups in total. The standard InChI is InChI=1S/C19H22N4O3/c1-22(2)8-9-23-18(25)14-5-3-4-12-10-13(21-16(24)6-7-20)11-15(17(12)14)19(23)26/h3-5,10-11H,6-9,20H2,1-2H3,(H,21,24). The molecule has 3 amide bonds. The van der Waals surface area contributed by atoms with Crippen molar-refractivity contribution < 1.29 is 14.4 Å². The van der Waals surface area contributed by atoms with Crippen LogP contribution < -0.4 is 11.1 Å². The van der Waals surface area contributed by atoms with Crippen LogP contribution in [0.5, 0.6) is 0 Å². The first-order valence-electron chi connectivity index (χ1n) is 8.50. The van der Waals surface area contributed by atoms with E-state index < -0.39 is 0 Å². The molecule has 2 aromatic carbocycles. The van der Waals surface area contributed by atoms with Gasteiger partial charge in [-0.2, -0.15) is 0 Å². The summed E-state index contributed by atoms with van der Waals surface area (Å²) in [5.74, 6) is -0.829. The molecule has 0 aromatic heterocycles. The van der Waals surface area contributed by atoms with E-state index in [1.54, 1.807) is 24.3 Å². The lowest BCUT2D eigenvalue weighted by molar-refractivity contribution is -0.116. The van der Waals surface area contributed by atoms with Crippen LogP contribution in [0.2, 0.25) is 0 Å². The van der Waals surface area contributed by atoms with Gasteiger partial charge in [0.15, 0.2) is 0 Å². The third-order valence-electron chi connectivity index (χ3n) is 4.35. The van der Waals surface area contributed by atoms with Gasteiger partial charge < -0.3 is 16.0 Å². The molecule has 2 aromatic rings. The minimum Gasteiger partial charge on any atom is -0.330 e. The van der Waals surface area contributed by atoms with E-state index >= 15 is 0 Å². The van der Waals surface area contributed by atoms with Crippen molar-refractivity contribution in [3.63, 3.8) is 0 Å². The maximum Gasteiger partial charge on any atom is 0.261 e. The van der Waals surface area contributed by atoms with Crippen LogP contribution in [0.3, 0.4) is 0 Å². The molecule has 0 bridgehead atoms. The van der Waals surface area contributed by atoms with Crippen LogP contribution in [0.25, 0.3) is 10.8 Å². The number of likely N-dealkylation sites (N-methyl/N-ethyl adjacent to an activating group) is 1. The predicted molar refractivity (Wildman–Crippen MR) is 100 cm³/mol. The molecule has 1 aliphatic heterocycles. The number of benzene rings is 2. The number of imide groups is 1. The maximum absolute atomic E-state index is 12.9. The van der Waals surface area contributed by atoms with Gasteiger partial charge in [0.05, 0.1) is 5.56 Å². The van der Waals surface area contributed by atoms with Gasteiger partial charge in [0.25, 0.3) is 11.8 Å². The molecule has 1 heterocycles. The summed E-state index contributed by atoms with van der Waals surface area (Å²) >= 11 is 0. The van der Waals surface area contributed by atoms with Gasteiger partial charge >= 0.3 is 0 Å². The van der Waals surface area contributed by atoms with Gasteiger partial charge in [0.2, 0.25) is 5.91 Å². The van der Waals surface area contributed by atoms with Crippen LogP contribution >= 0.6 is 0 Å². The van der Waals surface area contributed by atoms with Gasteiger partial charge in [-0.25, -0.2) is 0 Å². The number of nitrogens with two attached hydrogens (primary N) is 1. The zero-order valence-corrected chi connectivity index (χ0v) is 14.9. The summed E-state index contributed by atoms with van der Waals surface area (Å²) < 4.78 is 0. The van der Waals surface area contributed by atoms with Crippen LogP contribution in [0.4, 0.5) is 5.69 Å². The third-order valence-corrected chi connectivity index (χ3v) is 4.35. The Morgan fingerprint density at radius 3 is 2.58 bits per heavy atom. The number of carbonyl (C=O) groups excluding carboxylic acids is 3. The lowest BCUT2D eigenvalue weighted by Crippen LogP contribution is -2.43. The fourth-order valence-corrected chi connectivity index (χ4v) is 3.09. The van der Waals surface area contributed by atoms with Gasteiger partial charge in [-0.15, -0.1) is 0 Å². The normalized spacial score (nSPS) is 13.6. The monoisotopic (exact) mass is 354 g/mol. The topological polar surface area (TPSA) is 95.7 Å². The van der Waals surface area contributed by atoms with E-state index in [0.717, 1.165) is 5.39 Å². The lowest BCUT2D eigenvalue weighted by atomic mass is 9.93. The molecule has 26 heavy (non-hydrogen) atoms. The van der Waals surface area contributed by atoms with Gasteiger partial charge in [0, 0.05) is 42.7 Å². The molecular weight excluding hydrogens is 332 g/mol. The van der Waals surface area contributed by atoms with Crippen LogP contribution in [-0.2, 0) is 4.79 Å². The average molecular weight is 354 g/mol. The molecule has 0 spiro atoms. The number of hydrogen-bond donors (Lipinski definition) is 2. The molecule has 0 unspecified atom stereocenters. The smallest absolute Gasteiger partial charge is 0.261 e. The molecule has 136 valence electrons. The Morgan fingerprint density at radius 1 is 1.15 bits per heavy atom. The molecular formula is C19H22N4O3. The fourth-order valence-electron chi connectivity index (χ4n) is 3.09. The minimum absolute atomic E-state index is 0.203. The Bertz CT molecular complexity index is 892. The van der Waals surface area contributed by atoms with Crippen molar-refractivity contribution in [2.24, 2.45) is 5.73 Å². The first-order valence-corrected chi connectivity index (χ1v) is 8.50. The zero-order chi connectivity index (χ0) is 18.8. The number of nitrogens with one attached hydrogen (secondary N) is 1. The number of carbonyl (C=O) groups is 3. The van der Waals surface area contributed by atoms with Crippen LogP contribution in [0.1, 0.15) is 27.1 Å². The van der Waals surface area contributed by atoms with Crippen molar-refractivity contribution >= 4 is 34.2 Å². The Kier molecular flexibility index (Phi) is 5.01. The number of rotatable bonds is 6. The number of amides is 3. The van der Waals surface area contributed by atoms with Gasteiger partial charge in [-0.05, 0) is 37.7 Å². The summed E-state index contributed by atoms with van der Waals surface area (Å²) in [4.78, 5) is 40.8. The van der Waals surface area contributed by atoms with E-state index in [-0.39, 0.29) is 30.7 Å². The van der Waals surface area contributed by atoms with E-state index in [1.165, 1.54) is 4.90 Å². The van der Waals surface area contributed by atoms with Crippen LogP contribution in [0, 0.1) is 0 Å². The molecule has 0 radical (unpaired) electrons. The Hall–Kier alpha value is -2.77. The lowest BCUT2D eigenvalue weighted by Gasteiger charge is -2.28. The van der Waals surface area contributed by atoms with Gasteiger partial charge in [0.1, 0.15) is 0 Å². The molecule has 3 rings (SSSR count). The summed E-state index contributed by atoms with van der Waals surface area (Å²) in [6.45, 7) is 1.14.